The van der Waals surface area contributed by atoms with Crippen molar-refractivity contribution in [2.75, 3.05) is 39.6 Å². The van der Waals surface area contributed by atoms with Crippen LogP contribution in [0.5, 0.6) is 0 Å². The highest BCUT2D eigenvalue weighted by atomic mass is 16.5. The van der Waals surface area contributed by atoms with Crippen molar-refractivity contribution in [1.82, 2.24) is 15.3 Å². The predicted molar refractivity (Wildman–Crippen MR) is 183 cm³/mol. The maximum Gasteiger partial charge on any atom is 0.253 e. The van der Waals surface area contributed by atoms with Crippen LogP contribution in [0.15, 0.2) is 36.7 Å². The van der Waals surface area contributed by atoms with E-state index in [1.54, 1.807) is 31.2 Å². The maximum atomic E-state index is 13.6. The number of carbonyl (C=O) groups is 5. The lowest BCUT2D eigenvalue weighted by Gasteiger charge is -2.34. The monoisotopic (exact) mass is 667 g/mol. The molecule has 0 aliphatic carbocycles. The molecule has 0 saturated carbocycles. The molecule has 0 radical (unpaired) electrons. The Bertz CT molecular complexity index is 1310. The number of carbonyl (C=O) groups excluding carboxylic acids is 5. The van der Waals surface area contributed by atoms with Gasteiger partial charge in [0.05, 0.1) is 56.6 Å². The number of hydrogen-bond acceptors (Lipinski definition) is 10. The summed E-state index contributed by atoms with van der Waals surface area (Å²) in [7, 11) is 0. The summed E-state index contributed by atoms with van der Waals surface area (Å²) in [4.78, 5) is 71.2. The Morgan fingerprint density at radius 2 is 1.15 bits per heavy atom. The number of amides is 1. The van der Waals surface area contributed by atoms with Gasteiger partial charge in [0.1, 0.15) is 22.9 Å². The minimum absolute atomic E-state index is 0.0342. The zero-order valence-corrected chi connectivity index (χ0v) is 29.6. The van der Waals surface area contributed by atoms with Gasteiger partial charge in [-0.05, 0) is 30.7 Å². The van der Waals surface area contributed by atoms with Crippen LogP contribution in [0.25, 0.3) is 11.4 Å². The Morgan fingerprint density at radius 1 is 0.688 bits per heavy atom. The van der Waals surface area contributed by atoms with Gasteiger partial charge in [-0.2, -0.15) is 0 Å². The molecule has 0 aliphatic heterocycles. The van der Waals surface area contributed by atoms with E-state index in [-0.39, 0.29) is 105 Å². The third kappa shape index (κ3) is 13.4. The standard InChI is InChI=1S/C37H53N3O8/c1-8-27(7)35(44)28-10-12-31(38-20-28)32-13-11-29(21-39-32)36(45)40-37(22-46-17-14-30(41)9-2,23-47-18-15-33(42)25(3)4)24-48-19-16-34(43)26(5)6/h10-13,20-21,25-27H,8-9,14-19,22-24H2,1-7H3,(H,40,45). The minimum Gasteiger partial charge on any atom is -0.378 e. The fourth-order valence-electron chi connectivity index (χ4n) is 4.48. The zero-order chi connectivity index (χ0) is 35.7. The molecule has 0 spiro atoms. The SMILES string of the molecule is CCC(=O)CCOCC(COCCC(=O)C(C)C)(COCCC(=O)C(C)C)NC(=O)c1ccc(-c2ccc(C(=O)C(C)CC)cn2)nc1. The number of ether oxygens (including phenoxy) is 3. The molecule has 1 N–H and O–H groups in total. The van der Waals surface area contributed by atoms with E-state index in [9.17, 15) is 24.0 Å². The van der Waals surface area contributed by atoms with E-state index in [1.807, 2.05) is 41.5 Å². The Morgan fingerprint density at radius 3 is 1.54 bits per heavy atom. The number of rotatable bonds is 24. The number of pyridine rings is 2. The molecular weight excluding hydrogens is 614 g/mol. The molecule has 0 fully saturated rings. The van der Waals surface area contributed by atoms with Crippen molar-refractivity contribution in [1.29, 1.82) is 0 Å². The summed E-state index contributed by atoms with van der Waals surface area (Å²) in [5.41, 5.74) is 0.680. The first-order valence-corrected chi connectivity index (χ1v) is 16.9. The molecule has 0 bridgehead atoms. The molecule has 48 heavy (non-hydrogen) atoms. The van der Waals surface area contributed by atoms with Gasteiger partial charge in [0, 0.05) is 61.4 Å². The van der Waals surface area contributed by atoms with Gasteiger partial charge in [0.15, 0.2) is 5.78 Å². The smallest absolute Gasteiger partial charge is 0.253 e. The zero-order valence-electron chi connectivity index (χ0n) is 29.6. The second kappa shape index (κ2) is 20.6. The van der Waals surface area contributed by atoms with Crippen LogP contribution in [0, 0.1) is 17.8 Å². The predicted octanol–water partition coefficient (Wildman–Crippen LogP) is 5.49. The van der Waals surface area contributed by atoms with Crippen molar-refractivity contribution < 1.29 is 38.2 Å². The van der Waals surface area contributed by atoms with Crippen molar-refractivity contribution in [2.24, 2.45) is 17.8 Å². The fourth-order valence-corrected chi connectivity index (χ4v) is 4.48. The molecule has 0 aromatic carbocycles. The summed E-state index contributed by atoms with van der Waals surface area (Å²) in [6.07, 6.45) is 4.75. The van der Waals surface area contributed by atoms with Gasteiger partial charge in [-0.1, -0.05) is 48.5 Å². The van der Waals surface area contributed by atoms with Crippen LogP contribution in [0.4, 0.5) is 0 Å². The second-order valence-corrected chi connectivity index (χ2v) is 12.8. The lowest BCUT2D eigenvalue weighted by Crippen LogP contribution is -2.58. The molecule has 0 saturated heterocycles. The Labute approximate surface area is 284 Å². The number of nitrogens with one attached hydrogen (secondary N) is 1. The highest BCUT2D eigenvalue weighted by Crippen LogP contribution is 2.19. The van der Waals surface area contributed by atoms with Crippen molar-refractivity contribution in [3.05, 3.63) is 47.8 Å². The van der Waals surface area contributed by atoms with E-state index in [4.69, 9.17) is 14.2 Å². The highest BCUT2D eigenvalue weighted by Gasteiger charge is 2.34. The average molecular weight is 668 g/mol. The van der Waals surface area contributed by atoms with E-state index in [1.165, 1.54) is 12.4 Å². The van der Waals surface area contributed by atoms with E-state index in [0.717, 1.165) is 6.42 Å². The average Bonchev–Trinajstić information content (AvgIpc) is 3.09. The Balaban J connectivity index is 2.26. The molecule has 2 heterocycles. The third-order valence-corrected chi connectivity index (χ3v) is 8.10. The summed E-state index contributed by atoms with van der Waals surface area (Å²) in [6, 6.07) is 6.74. The van der Waals surface area contributed by atoms with Crippen molar-refractivity contribution >= 4 is 29.0 Å². The van der Waals surface area contributed by atoms with Crippen LogP contribution in [0.2, 0.25) is 0 Å². The summed E-state index contributed by atoms with van der Waals surface area (Å²) in [5, 5.41) is 3.00. The van der Waals surface area contributed by atoms with Gasteiger partial charge in [-0.25, -0.2) is 0 Å². The van der Waals surface area contributed by atoms with Crippen LogP contribution in [0.3, 0.4) is 0 Å². The summed E-state index contributed by atoms with van der Waals surface area (Å²) >= 11 is 0. The maximum absolute atomic E-state index is 13.6. The molecule has 0 aliphatic rings. The highest BCUT2D eigenvalue weighted by molar-refractivity contribution is 5.97. The summed E-state index contributed by atoms with van der Waals surface area (Å²) in [6.45, 7) is 13.2. The molecule has 2 aromatic heterocycles. The minimum atomic E-state index is -1.20. The second-order valence-electron chi connectivity index (χ2n) is 12.8. The molecule has 2 aromatic rings. The first-order valence-electron chi connectivity index (χ1n) is 16.9. The molecule has 11 nitrogen and oxygen atoms in total. The molecule has 11 heteroatoms. The number of hydrogen-bond donors (Lipinski definition) is 1. The normalized spacial score (nSPS) is 12.3. The number of Topliss-reactive ketones (excluding diaryl/α,β-unsaturated/α-hetero) is 4. The molecule has 2 rings (SSSR count). The van der Waals surface area contributed by atoms with E-state index in [0.29, 0.717) is 23.4 Å². The molecule has 1 atom stereocenters. The van der Waals surface area contributed by atoms with Gasteiger partial charge in [0.2, 0.25) is 0 Å². The van der Waals surface area contributed by atoms with E-state index >= 15 is 0 Å². The molecule has 264 valence electrons. The molecule has 1 unspecified atom stereocenters. The quantitative estimate of drug-likeness (QED) is 0.112. The lowest BCUT2D eigenvalue weighted by atomic mass is 9.98. The van der Waals surface area contributed by atoms with E-state index in [2.05, 4.69) is 15.3 Å². The molecular formula is C37H53N3O8. The third-order valence-electron chi connectivity index (χ3n) is 8.10. The van der Waals surface area contributed by atoms with Gasteiger partial charge >= 0.3 is 0 Å². The topological polar surface area (TPSA) is 151 Å². The fraction of sp³-hybridized carbons (Fsp3) is 0.595. The summed E-state index contributed by atoms with van der Waals surface area (Å²) < 4.78 is 17.7. The van der Waals surface area contributed by atoms with Crippen LogP contribution in [-0.2, 0) is 28.6 Å². The summed E-state index contributed by atoms with van der Waals surface area (Å²) in [5.74, 6) is -0.620. The number of ketones is 4. The van der Waals surface area contributed by atoms with Gasteiger partial charge < -0.3 is 19.5 Å². The Kier molecular flexibility index (Phi) is 17.4. The number of aromatic nitrogens is 2. The van der Waals surface area contributed by atoms with Crippen molar-refractivity contribution in [3.63, 3.8) is 0 Å². The van der Waals surface area contributed by atoms with Gasteiger partial charge in [-0.15, -0.1) is 0 Å². The van der Waals surface area contributed by atoms with Crippen LogP contribution < -0.4 is 5.32 Å². The van der Waals surface area contributed by atoms with Crippen LogP contribution >= 0.6 is 0 Å². The Hall–Kier alpha value is -3.67. The first-order chi connectivity index (χ1) is 22.8. The van der Waals surface area contributed by atoms with Gasteiger partial charge in [-0.3, -0.25) is 33.9 Å². The molecule has 1 amide bonds. The van der Waals surface area contributed by atoms with Gasteiger partial charge in [0.25, 0.3) is 5.91 Å². The first kappa shape index (κ1) is 40.5. The van der Waals surface area contributed by atoms with Crippen molar-refractivity contribution in [3.8, 4) is 11.4 Å². The number of nitrogens with zero attached hydrogens (tertiary/aromatic N) is 2. The van der Waals surface area contributed by atoms with Crippen molar-refractivity contribution in [2.45, 2.75) is 86.1 Å². The van der Waals surface area contributed by atoms with Crippen LogP contribution in [-0.4, -0.2) is 84.2 Å². The lowest BCUT2D eigenvalue weighted by molar-refractivity contribution is -0.123. The van der Waals surface area contributed by atoms with Crippen LogP contribution in [0.1, 0.15) is 101 Å². The largest absolute Gasteiger partial charge is 0.378 e. The van der Waals surface area contributed by atoms with E-state index < -0.39 is 11.4 Å².